The van der Waals surface area contributed by atoms with Crippen molar-refractivity contribution in [3.8, 4) is 29.0 Å². The predicted octanol–water partition coefficient (Wildman–Crippen LogP) is 3.65. The molecule has 0 spiro atoms. The van der Waals surface area contributed by atoms with E-state index in [1.807, 2.05) is 30.3 Å². The van der Waals surface area contributed by atoms with Gasteiger partial charge in [0.2, 0.25) is 11.8 Å². The standard InChI is InChI=1S/C17H15N3O3/c1-21-12-7-9-14(10-8-12)23-17-15(18)16(19-11-20-17)22-13-5-3-2-4-6-13/h2-11H,18H2,1H3. The molecule has 3 aromatic rings. The molecule has 0 amide bonds. The molecule has 0 bridgehead atoms. The molecule has 116 valence electrons. The van der Waals surface area contributed by atoms with Gasteiger partial charge in [0.1, 0.15) is 23.6 Å². The van der Waals surface area contributed by atoms with E-state index in [2.05, 4.69) is 9.97 Å². The van der Waals surface area contributed by atoms with Crippen LogP contribution in [0, 0.1) is 0 Å². The van der Waals surface area contributed by atoms with Gasteiger partial charge < -0.3 is 19.9 Å². The second-order valence-corrected chi connectivity index (χ2v) is 4.59. The maximum absolute atomic E-state index is 6.04. The average Bonchev–Trinajstić information content (AvgIpc) is 2.60. The van der Waals surface area contributed by atoms with Crippen LogP contribution in [0.4, 0.5) is 5.69 Å². The van der Waals surface area contributed by atoms with E-state index in [1.54, 1.807) is 31.4 Å². The van der Waals surface area contributed by atoms with Gasteiger partial charge >= 0.3 is 0 Å². The fraction of sp³-hybridized carbons (Fsp3) is 0.0588. The van der Waals surface area contributed by atoms with Crippen molar-refractivity contribution in [3.63, 3.8) is 0 Å². The van der Waals surface area contributed by atoms with E-state index in [1.165, 1.54) is 6.33 Å². The third-order valence-corrected chi connectivity index (χ3v) is 3.04. The molecule has 6 nitrogen and oxygen atoms in total. The smallest absolute Gasteiger partial charge is 0.249 e. The van der Waals surface area contributed by atoms with Crippen LogP contribution < -0.4 is 19.9 Å². The number of rotatable bonds is 5. The van der Waals surface area contributed by atoms with Gasteiger partial charge in [0.25, 0.3) is 0 Å². The van der Waals surface area contributed by atoms with Gasteiger partial charge in [-0.15, -0.1) is 0 Å². The van der Waals surface area contributed by atoms with Crippen molar-refractivity contribution in [2.24, 2.45) is 0 Å². The van der Waals surface area contributed by atoms with Crippen molar-refractivity contribution in [1.29, 1.82) is 0 Å². The lowest BCUT2D eigenvalue weighted by molar-refractivity contribution is 0.411. The van der Waals surface area contributed by atoms with Crippen LogP contribution in [0.1, 0.15) is 0 Å². The highest BCUT2D eigenvalue weighted by molar-refractivity contribution is 5.57. The van der Waals surface area contributed by atoms with Gasteiger partial charge in [0, 0.05) is 0 Å². The Hall–Kier alpha value is -3.28. The molecule has 0 atom stereocenters. The van der Waals surface area contributed by atoms with Crippen LogP contribution in [-0.4, -0.2) is 17.1 Å². The lowest BCUT2D eigenvalue weighted by Gasteiger charge is -2.11. The molecule has 0 radical (unpaired) electrons. The minimum Gasteiger partial charge on any atom is -0.497 e. The monoisotopic (exact) mass is 309 g/mol. The Morgan fingerprint density at radius 2 is 1.26 bits per heavy atom. The molecule has 2 N–H and O–H groups in total. The number of hydrogen-bond acceptors (Lipinski definition) is 6. The first kappa shape index (κ1) is 14.6. The molecule has 0 unspecified atom stereocenters. The number of anilines is 1. The van der Waals surface area contributed by atoms with Crippen molar-refractivity contribution in [1.82, 2.24) is 9.97 Å². The molecule has 3 rings (SSSR count). The molecule has 6 heteroatoms. The van der Waals surface area contributed by atoms with E-state index in [0.29, 0.717) is 11.5 Å². The molecule has 0 aliphatic heterocycles. The number of aromatic nitrogens is 2. The normalized spacial score (nSPS) is 10.1. The fourth-order valence-electron chi connectivity index (χ4n) is 1.88. The quantitative estimate of drug-likeness (QED) is 0.775. The van der Waals surface area contributed by atoms with Crippen LogP contribution in [0.5, 0.6) is 29.0 Å². The first-order valence-electron chi connectivity index (χ1n) is 6.91. The van der Waals surface area contributed by atoms with Gasteiger partial charge in [0.15, 0.2) is 5.69 Å². The molecule has 1 aromatic heterocycles. The van der Waals surface area contributed by atoms with Crippen molar-refractivity contribution < 1.29 is 14.2 Å². The summed E-state index contributed by atoms with van der Waals surface area (Å²) >= 11 is 0. The number of ether oxygens (including phenoxy) is 3. The van der Waals surface area contributed by atoms with Gasteiger partial charge in [0.05, 0.1) is 7.11 Å². The Morgan fingerprint density at radius 1 is 0.739 bits per heavy atom. The lowest BCUT2D eigenvalue weighted by atomic mass is 10.3. The van der Waals surface area contributed by atoms with Crippen LogP contribution in [0.3, 0.4) is 0 Å². The Bertz CT molecular complexity index is 777. The van der Waals surface area contributed by atoms with Crippen LogP contribution in [-0.2, 0) is 0 Å². The molecule has 0 saturated carbocycles. The second kappa shape index (κ2) is 6.65. The summed E-state index contributed by atoms with van der Waals surface area (Å²) in [5.74, 6) is 2.43. The SMILES string of the molecule is COc1ccc(Oc2ncnc(Oc3ccccc3)c2N)cc1. The van der Waals surface area contributed by atoms with Crippen LogP contribution in [0.15, 0.2) is 60.9 Å². The molecular formula is C17H15N3O3. The number of nitrogens with zero attached hydrogens (tertiary/aromatic N) is 2. The Kier molecular flexibility index (Phi) is 4.24. The molecular weight excluding hydrogens is 294 g/mol. The predicted molar refractivity (Wildman–Crippen MR) is 86.0 cm³/mol. The minimum absolute atomic E-state index is 0.229. The molecule has 0 aliphatic rings. The number of methoxy groups -OCH3 is 1. The minimum atomic E-state index is 0.229. The third-order valence-electron chi connectivity index (χ3n) is 3.04. The summed E-state index contributed by atoms with van der Waals surface area (Å²) < 4.78 is 16.4. The molecule has 0 aliphatic carbocycles. The number of nitrogens with two attached hydrogens (primary N) is 1. The Morgan fingerprint density at radius 3 is 1.83 bits per heavy atom. The zero-order chi connectivity index (χ0) is 16.1. The zero-order valence-corrected chi connectivity index (χ0v) is 12.5. The Balaban J connectivity index is 1.81. The highest BCUT2D eigenvalue weighted by Crippen LogP contribution is 2.33. The van der Waals surface area contributed by atoms with Gasteiger partial charge in [-0.3, -0.25) is 0 Å². The van der Waals surface area contributed by atoms with E-state index in [0.717, 1.165) is 5.75 Å². The van der Waals surface area contributed by atoms with Crippen molar-refractivity contribution in [2.45, 2.75) is 0 Å². The van der Waals surface area contributed by atoms with Gasteiger partial charge in [-0.05, 0) is 36.4 Å². The van der Waals surface area contributed by atoms with Gasteiger partial charge in [-0.2, -0.15) is 9.97 Å². The summed E-state index contributed by atoms with van der Waals surface area (Å²) in [4.78, 5) is 8.09. The number of benzene rings is 2. The number of nitrogen functional groups attached to an aromatic ring is 1. The summed E-state index contributed by atoms with van der Waals surface area (Å²) in [6, 6.07) is 16.3. The largest absolute Gasteiger partial charge is 0.497 e. The molecule has 23 heavy (non-hydrogen) atoms. The zero-order valence-electron chi connectivity index (χ0n) is 12.5. The summed E-state index contributed by atoms with van der Waals surface area (Å²) in [6.45, 7) is 0. The van der Waals surface area contributed by atoms with Crippen molar-refractivity contribution >= 4 is 5.69 Å². The number of hydrogen-bond donors (Lipinski definition) is 1. The maximum atomic E-state index is 6.04. The van der Waals surface area contributed by atoms with E-state index < -0.39 is 0 Å². The van der Waals surface area contributed by atoms with Crippen LogP contribution in [0.25, 0.3) is 0 Å². The van der Waals surface area contributed by atoms with Crippen LogP contribution in [0.2, 0.25) is 0 Å². The summed E-state index contributed by atoms with van der Waals surface area (Å²) in [5.41, 5.74) is 6.26. The average molecular weight is 309 g/mol. The van der Waals surface area contributed by atoms with Crippen molar-refractivity contribution in [2.75, 3.05) is 12.8 Å². The van der Waals surface area contributed by atoms with E-state index in [-0.39, 0.29) is 17.4 Å². The molecule has 0 fully saturated rings. The first-order valence-corrected chi connectivity index (χ1v) is 6.91. The number of para-hydroxylation sites is 1. The Labute approximate surface area is 133 Å². The molecule has 1 heterocycles. The lowest BCUT2D eigenvalue weighted by Crippen LogP contribution is -2.00. The highest BCUT2D eigenvalue weighted by Gasteiger charge is 2.12. The van der Waals surface area contributed by atoms with E-state index in [4.69, 9.17) is 19.9 Å². The van der Waals surface area contributed by atoms with E-state index in [9.17, 15) is 0 Å². The fourth-order valence-corrected chi connectivity index (χ4v) is 1.88. The van der Waals surface area contributed by atoms with E-state index >= 15 is 0 Å². The summed E-state index contributed by atoms with van der Waals surface area (Å²) in [5, 5.41) is 0. The first-order chi connectivity index (χ1) is 11.3. The second-order valence-electron chi connectivity index (χ2n) is 4.59. The molecule has 0 saturated heterocycles. The van der Waals surface area contributed by atoms with Crippen LogP contribution >= 0.6 is 0 Å². The highest BCUT2D eigenvalue weighted by atomic mass is 16.5. The summed E-state index contributed by atoms with van der Waals surface area (Å²) in [6.07, 6.45) is 1.34. The third kappa shape index (κ3) is 3.49. The summed E-state index contributed by atoms with van der Waals surface area (Å²) in [7, 11) is 1.60. The topological polar surface area (TPSA) is 79.5 Å². The molecule has 2 aromatic carbocycles. The van der Waals surface area contributed by atoms with Crippen molar-refractivity contribution in [3.05, 3.63) is 60.9 Å². The maximum Gasteiger partial charge on any atom is 0.249 e. The van der Waals surface area contributed by atoms with Gasteiger partial charge in [-0.25, -0.2) is 0 Å². The van der Waals surface area contributed by atoms with Gasteiger partial charge in [-0.1, -0.05) is 18.2 Å².